The summed E-state index contributed by atoms with van der Waals surface area (Å²) in [5.74, 6) is -0.314. The van der Waals surface area contributed by atoms with Crippen molar-refractivity contribution in [3.8, 4) is 0 Å². The van der Waals surface area contributed by atoms with Gasteiger partial charge in [-0.05, 0) is 25.8 Å². The number of ether oxygens (including phenoxy) is 1. The maximum atomic E-state index is 12.1. The van der Waals surface area contributed by atoms with E-state index in [0.29, 0.717) is 19.6 Å². The van der Waals surface area contributed by atoms with Crippen molar-refractivity contribution in [2.45, 2.75) is 45.3 Å². The first-order valence-corrected chi connectivity index (χ1v) is 7.17. The average Bonchev–Trinajstić information content (AvgIpc) is 2.40. The summed E-state index contributed by atoms with van der Waals surface area (Å²) in [6.45, 7) is 6.27. The molecule has 4 heteroatoms. The van der Waals surface area contributed by atoms with E-state index >= 15 is 0 Å². The number of benzene rings is 1. The molecule has 0 amide bonds. The average molecular weight is 279 g/mol. The molecule has 2 N–H and O–H groups in total. The van der Waals surface area contributed by atoms with Gasteiger partial charge in [0.1, 0.15) is 6.04 Å². The fourth-order valence-electron chi connectivity index (χ4n) is 2.16. The Kier molecular flexibility index (Phi) is 6.68. The summed E-state index contributed by atoms with van der Waals surface area (Å²) in [6, 6.07) is 8.88. The molecule has 0 spiro atoms. The number of nitrogens with one attached hydrogen (secondary N) is 1. The minimum atomic E-state index is -0.825. The van der Waals surface area contributed by atoms with Gasteiger partial charge in [-0.25, -0.2) is 4.79 Å². The lowest BCUT2D eigenvalue weighted by Gasteiger charge is -2.26. The third-order valence-corrected chi connectivity index (χ3v) is 3.13. The first kappa shape index (κ1) is 16.7. The molecule has 1 aromatic carbocycles. The van der Waals surface area contributed by atoms with E-state index in [4.69, 9.17) is 4.74 Å². The normalized spacial score (nSPS) is 15.4. The zero-order chi connectivity index (χ0) is 15.0. The number of aliphatic hydroxyl groups is 1. The molecule has 2 atom stereocenters. The Morgan fingerprint density at radius 3 is 2.55 bits per heavy atom. The van der Waals surface area contributed by atoms with E-state index in [0.717, 1.165) is 12.0 Å². The number of esters is 1. The molecule has 4 nitrogen and oxygen atoms in total. The van der Waals surface area contributed by atoms with Gasteiger partial charge in [-0.15, -0.1) is 0 Å². The summed E-state index contributed by atoms with van der Waals surface area (Å²) in [7, 11) is 0. The first-order chi connectivity index (χ1) is 9.50. The Hall–Kier alpha value is -1.39. The van der Waals surface area contributed by atoms with Gasteiger partial charge < -0.3 is 9.84 Å². The van der Waals surface area contributed by atoms with Gasteiger partial charge in [-0.1, -0.05) is 43.7 Å². The predicted molar refractivity (Wildman–Crippen MR) is 79.4 cm³/mol. The quantitative estimate of drug-likeness (QED) is 0.718. The van der Waals surface area contributed by atoms with E-state index in [1.165, 1.54) is 0 Å². The summed E-state index contributed by atoms with van der Waals surface area (Å²) < 4.78 is 5.10. The molecule has 0 fully saturated rings. The fraction of sp³-hybridized carbons (Fsp3) is 0.562. The first-order valence-electron chi connectivity index (χ1n) is 7.17. The van der Waals surface area contributed by atoms with Crippen molar-refractivity contribution in [1.82, 2.24) is 5.32 Å². The molecular weight excluding hydrogens is 254 g/mol. The van der Waals surface area contributed by atoms with Crippen molar-refractivity contribution in [2.75, 3.05) is 13.2 Å². The number of hydrogen-bond donors (Lipinski definition) is 2. The van der Waals surface area contributed by atoms with Crippen LogP contribution in [0.2, 0.25) is 0 Å². The molecule has 0 radical (unpaired) electrons. The van der Waals surface area contributed by atoms with Gasteiger partial charge in [-0.3, -0.25) is 5.32 Å². The molecule has 112 valence electrons. The maximum Gasteiger partial charge on any atom is 0.327 e. The highest BCUT2D eigenvalue weighted by Crippen LogP contribution is 2.17. The third-order valence-electron chi connectivity index (χ3n) is 3.13. The van der Waals surface area contributed by atoms with Gasteiger partial charge in [0.05, 0.1) is 12.2 Å². The highest BCUT2D eigenvalue weighted by atomic mass is 16.5. The summed E-state index contributed by atoms with van der Waals surface area (Å²) in [5.41, 5.74) is 0.0205. The van der Waals surface area contributed by atoms with Crippen molar-refractivity contribution in [3.05, 3.63) is 35.9 Å². The fourth-order valence-corrected chi connectivity index (χ4v) is 2.16. The van der Waals surface area contributed by atoms with Crippen molar-refractivity contribution < 1.29 is 14.6 Å². The Morgan fingerprint density at radius 1 is 1.35 bits per heavy atom. The smallest absolute Gasteiger partial charge is 0.327 e. The molecule has 0 aliphatic rings. The van der Waals surface area contributed by atoms with Crippen LogP contribution < -0.4 is 5.32 Å². The lowest BCUT2D eigenvalue weighted by Crippen LogP contribution is -2.42. The molecule has 1 rings (SSSR count). The molecule has 20 heavy (non-hydrogen) atoms. The topological polar surface area (TPSA) is 58.6 Å². The van der Waals surface area contributed by atoms with E-state index < -0.39 is 11.6 Å². The Morgan fingerprint density at radius 2 is 2.00 bits per heavy atom. The molecule has 0 saturated heterocycles. The zero-order valence-corrected chi connectivity index (χ0v) is 12.6. The predicted octanol–water partition coefficient (Wildman–Crippen LogP) is 2.43. The summed E-state index contributed by atoms with van der Waals surface area (Å²) >= 11 is 0. The number of carbonyl (C=O) groups excluding carboxylic acids is 1. The van der Waals surface area contributed by atoms with Gasteiger partial charge in [0, 0.05) is 6.54 Å². The lowest BCUT2D eigenvalue weighted by molar-refractivity contribution is -0.146. The molecule has 0 heterocycles. The zero-order valence-electron chi connectivity index (χ0n) is 12.6. The summed E-state index contributed by atoms with van der Waals surface area (Å²) in [5, 5.41) is 13.3. The summed E-state index contributed by atoms with van der Waals surface area (Å²) in [4.78, 5) is 12.1. The molecular formula is C16H25NO3. The van der Waals surface area contributed by atoms with E-state index in [1.807, 2.05) is 37.3 Å². The van der Waals surface area contributed by atoms with E-state index in [9.17, 15) is 9.90 Å². The van der Waals surface area contributed by atoms with Crippen molar-refractivity contribution in [1.29, 1.82) is 0 Å². The van der Waals surface area contributed by atoms with Crippen LogP contribution in [0.4, 0.5) is 0 Å². The third kappa shape index (κ3) is 5.31. The molecule has 1 aromatic rings. The van der Waals surface area contributed by atoms with Crippen LogP contribution in [0.15, 0.2) is 30.3 Å². The van der Waals surface area contributed by atoms with Crippen LogP contribution >= 0.6 is 0 Å². The highest BCUT2D eigenvalue weighted by Gasteiger charge is 2.26. The van der Waals surface area contributed by atoms with Crippen molar-refractivity contribution in [3.63, 3.8) is 0 Å². The lowest BCUT2D eigenvalue weighted by atomic mass is 9.99. The van der Waals surface area contributed by atoms with Crippen molar-refractivity contribution in [2.24, 2.45) is 0 Å². The van der Waals surface area contributed by atoms with E-state index in [1.54, 1.807) is 13.8 Å². The summed E-state index contributed by atoms with van der Waals surface area (Å²) in [6.07, 6.45) is 1.58. The molecule has 0 saturated carbocycles. The number of hydrogen-bond acceptors (Lipinski definition) is 4. The largest absolute Gasteiger partial charge is 0.465 e. The van der Waals surface area contributed by atoms with Gasteiger partial charge in [0.25, 0.3) is 0 Å². The molecule has 2 unspecified atom stereocenters. The van der Waals surface area contributed by atoms with Gasteiger partial charge in [0.15, 0.2) is 0 Å². The van der Waals surface area contributed by atoms with Crippen LogP contribution in [0.3, 0.4) is 0 Å². The minimum absolute atomic E-state index is 0.314. The Bertz CT molecular complexity index is 403. The number of rotatable bonds is 8. The van der Waals surface area contributed by atoms with Gasteiger partial charge in [-0.2, -0.15) is 0 Å². The van der Waals surface area contributed by atoms with Crippen LogP contribution in [0, 0.1) is 0 Å². The standard InChI is InChI=1S/C16H25NO3/c1-4-11-16(3,19)12-17-14(15(18)20-5-2)13-9-7-6-8-10-13/h6-10,14,17,19H,4-5,11-12H2,1-3H3. The number of carbonyl (C=O) groups is 1. The van der Waals surface area contributed by atoms with Crippen LogP contribution in [0.25, 0.3) is 0 Å². The van der Waals surface area contributed by atoms with Gasteiger partial charge in [0.2, 0.25) is 0 Å². The van der Waals surface area contributed by atoms with Gasteiger partial charge >= 0.3 is 5.97 Å². The van der Waals surface area contributed by atoms with E-state index in [-0.39, 0.29) is 5.97 Å². The van der Waals surface area contributed by atoms with Crippen molar-refractivity contribution >= 4 is 5.97 Å². The molecule has 0 aliphatic carbocycles. The van der Waals surface area contributed by atoms with E-state index in [2.05, 4.69) is 5.32 Å². The van der Waals surface area contributed by atoms with Crippen LogP contribution in [0.5, 0.6) is 0 Å². The monoisotopic (exact) mass is 279 g/mol. The van der Waals surface area contributed by atoms with Crippen LogP contribution in [0.1, 0.15) is 45.2 Å². The molecule has 0 bridgehead atoms. The maximum absolute atomic E-state index is 12.1. The van der Waals surface area contributed by atoms with Crippen LogP contribution in [-0.4, -0.2) is 29.8 Å². The Balaban J connectivity index is 2.77. The second-order valence-corrected chi connectivity index (χ2v) is 5.22. The Labute approximate surface area is 121 Å². The SMILES string of the molecule is CCCC(C)(O)CNC(C(=O)OCC)c1ccccc1. The second kappa shape index (κ2) is 8.02. The molecule has 0 aliphatic heterocycles. The molecule has 0 aromatic heterocycles. The van der Waals surface area contributed by atoms with Crippen LogP contribution in [-0.2, 0) is 9.53 Å². The highest BCUT2D eigenvalue weighted by molar-refractivity contribution is 5.77. The second-order valence-electron chi connectivity index (χ2n) is 5.22. The minimum Gasteiger partial charge on any atom is -0.465 e.